The maximum atomic E-state index is 8.53. The molecule has 0 amide bonds. The Bertz CT molecular complexity index is 191. The van der Waals surface area contributed by atoms with Crippen molar-refractivity contribution in [2.24, 2.45) is 0 Å². The van der Waals surface area contributed by atoms with E-state index in [0.29, 0.717) is 0 Å². The molecule has 0 atom stereocenters. The van der Waals surface area contributed by atoms with Crippen LogP contribution in [-0.2, 0) is 0 Å². The highest BCUT2D eigenvalue weighted by atomic mass is 16.6. The third-order valence-corrected chi connectivity index (χ3v) is 0. The normalized spacial score (nSPS) is 6.43. The largest absolute Gasteiger partial charge is 1.12 e. The zero-order chi connectivity index (χ0) is 35.8. The fourth-order valence-electron chi connectivity index (χ4n) is 0. The molecule has 0 heterocycles. The van der Waals surface area contributed by atoms with Gasteiger partial charge in [-0.1, -0.05) is 0 Å². The monoisotopic (exact) mass is 654 g/mol. The van der Waals surface area contributed by atoms with Crippen LogP contribution in [0, 0.1) is 0 Å². The molecule has 0 radical (unpaired) electrons. The standard InChI is InChI=1S/9BH3O3.BHO3.2H3N/c10*2-1(3)4;;/h9*2-4H;2H;2*1H3/q;;;;;;;;;-2;;/p+2. The van der Waals surface area contributed by atoms with Gasteiger partial charge >= 0.3 is 65.9 Å². The number of hydrogen-bond acceptors (Lipinski definition) is 30. The summed E-state index contributed by atoms with van der Waals surface area (Å²) >= 11 is 0. The Hall–Kier alpha value is -0.631. The van der Waals surface area contributed by atoms with E-state index in [2.05, 4.69) is 0 Å². The average Bonchev–Trinajstić information content (AvgIpc) is 2.47. The van der Waals surface area contributed by atoms with Crippen LogP contribution in [0.25, 0.3) is 0 Å². The molecule has 0 aliphatic rings. The summed E-state index contributed by atoms with van der Waals surface area (Å²) in [6, 6.07) is 0. The first kappa shape index (κ1) is 78.2. The van der Waals surface area contributed by atoms with E-state index in [1.54, 1.807) is 0 Å². The summed E-state index contributed by atoms with van der Waals surface area (Å²) in [5.41, 5.74) is 0. The Morgan fingerprint density at radius 1 is 0.262 bits per heavy atom. The second-order valence-corrected chi connectivity index (χ2v) is 3.48. The van der Waals surface area contributed by atoms with Crippen LogP contribution in [-0.4, -0.2) is 214 Å². The summed E-state index contributed by atoms with van der Waals surface area (Å²) in [7, 11) is -21.7. The van der Waals surface area contributed by atoms with E-state index in [1.807, 2.05) is 0 Å². The first-order valence-electron chi connectivity index (χ1n) is 7.76. The molecule has 0 fully saturated rings. The minimum Gasteiger partial charge on any atom is -0.871 e. The fraction of sp³-hybridized carbons (Fsp3) is 0. The van der Waals surface area contributed by atoms with Gasteiger partial charge in [-0.3, -0.25) is 5.02 Å². The van der Waals surface area contributed by atoms with Crippen molar-refractivity contribution >= 4 is 73.2 Å². The summed E-state index contributed by atoms with van der Waals surface area (Å²) in [6.07, 6.45) is 0. The van der Waals surface area contributed by atoms with Crippen LogP contribution >= 0.6 is 0 Å². The van der Waals surface area contributed by atoms with Crippen molar-refractivity contribution in [3.8, 4) is 0 Å². The molecule has 0 unspecified atom stereocenters. The Morgan fingerprint density at radius 3 is 0.262 bits per heavy atom. The highest BCUT2D eigenvalue weighted by Gasteiger charge is 2.25. The van der Waals surface area contributed by atoms with Crippen molar-refractivity contribution in [3.05, 3.63) is 0 Å². The van der Waals surface area contributed by atoms with E-state index in [0.717, 1.165) is 0 Å². The zero-order valence-electron chi connectivity index (χ0n) is 20.6. The van der Waals surface area contributed by atoms with Gasteiger partial charge in [0.2, 0.25) is 0 Å². The van der Waals surface area contributed by atoms with E-state index in [1.165, 1.54) is 0 Å². The van der Waals surface area contributed by atoms with E-state index in [-0.39, 0.29) is 12.3 Å². The Kier molecular flexibility index (Phi) is 135. The molecule has 0 aromatic rings. The second-order valence-electron chi connectivity index (χ2n) is 3.48. The molecule has 256 valence electrons. The fourth-order valence-corrected chi connectivity index (χ4v) is 0. The molecule has 0 spiro atoms. The molecular formula is H36B10N2O30. The molecule has 42 heavy (non-hydrogen) atoms. The van der Waals surface area contributed by atoms with Crippen LogP contribution in [0.4, 0.5) is 0 Å². The highest BCUT2D eigenvalue weighted by Crippen LogP contribution is 1.43. The topological polar surface area (TPSA) is 688 Å². The van der Waals surface area contributed by atoms with Crippen LogP contribution in [0.5, 0.6) is 0 Å². The third-order valence-electron chi connectivity index (χ3n) is 0. The Labute approximate surface area is 237 Å². The highest BCUT2D eigenvalue weighted by molar-refractivity contribution is 6.32. The van der Waals surface area contributed by atoms with Gasteiger partial charge in [0.25, 0.3) is 0 Å². The molecule has 0 aromatic carbocycles. The Balaban J connectivity index is -0.0000000237. The summed E-state index contributed by atoms with van der Waals surface area (Å²) < 4.78 is 0. The Morgan fingerprint density at radius 2 is 0.262 bits per heavy atom. The predicted molar refractivity (Wildman–Crippen MR) is 133 cm³/mol. The number of rotatable bonds is 0. The summed E-state index contributed by atoms with van der Waals surface area (Å²) in [5, 5.41) is 215. The van der Waals surface area contributed by atoms with Crippen molar-refractivity contribution < 1.29 is 151 Å². The van der Waals surface area contributed by atoms with Gasteiger partial charge in [0, 0.05) is 0 Å². The van der Waals surface area contributed by atoms with E-state index in [9.17, 15) is 0 Å². The SMILES string of the molecule is N.N.OB(O)O.OB(O)O.OB(O)O.OB(O)O.OB(O)O.OB(O)O.OB(O)O.OB(O)O.OB([OH2+])[OH2+].[O-]B([O-])O. The van der Waals surface area contributed by atoms with Gasteiger partial charge in [-0.25, -0.2) is 0 Å². The van der Waals surface area contributed by atoms with E-state index < -0.39 is 73.2 Å². The van der Waals surface area contributed by atoms with Crippen LogP contribution in [0.2, 0.25) is 0 Å². The van der Waals surface area contributed by atoms with Crippen LogP contribution in [0.3, 0.4) is 0 Å². The molecule has 0 bridgehead atoms. The molecule has 0 rings (SSSR count). The van der Waals surface area contributed by atoms with Crippen LogP contribution < -0.4 is 22.3 Å². The van der Waals surface area contributed by atoms with Gasteiger partial charge < -0.3 is 158 Å². The van der Waals surface area contributed by atoms with Gasteiger partial charge in [0.1, 0.15) is 0 Å². The molecule has 42 heteroatoms. The smallest absolute Gasteiger partial charge is 0.871 e. The van der Waals surface area contributed by atoms with Gasteiger partial charge in [-0.2, -0.15) is 0 Å². The minimum atomic E-state index is -2.67. The molecule has 0 aromatic heterocycles. The van der Waals surface area contributed by atoms with Crippen molar-refractivity contribution in [1.29, 1.82) is 0 Å². The molecule has 0 saturated heterocycles. The molecule has 0 aliphatic heterocycles. The molecule has 36 N–H and O–H groups in total. The number of hydrogen-bond donors (Lipinski definition) is 28. The lowest BCUT2D eigenvalue weighted by atomic mass is 10.3. The van der Waals surface area contributed by atoms with E-state index in [4.69, 9.17) is 151 Å². The van der Waals surface area contributed by atoms with Crippen molar-refractivity contribution in [1.82, 2.24) is 12.3 Å². The molecular weight excluding hydrogens is 616 g/mol. The minimum absolute atomic E-state index is 0. The lowest BCUT2D eigenvalue weighted by Crippen LogP contribution is -2.44. The van der Waals surface area contributed by atoms with Crippen LogP contribution in [0.1, 0.15) is 0 Å². The second kappa shape index (κ2) is 72.5. The predicted octanol–water partition coefficient (Wildman–Crippen LogP) is -22.0. The maximum Gasteiger partial charge on any atom is 1.12 e. The molecule has 0 saturated carbocycles. The molecule has 0 aliphatic carbocycles. The average molecular weight is 652 g/mol. The zero-order valence-corrected chi connectivity index (χ0v) is 20.6. The van der Waals surface area contributed by atoms with E-state index >= 15 is 0 Å². The third kappa shape index (κ3) is 146000. The first-order valence-corrected chi connectivity index (χ1v) is 7.76. The van der Waals surface area contributed by atoms with Gasteiger partial charge in [0.05, 0.1) is 7.32 Å². The summed E-state index contributed by atoms with van der Waals surface area (Å²) in [6.45, 7) is 0. The maximum absolute atomic E-state index is 8.53. The first-order chi connectivity index (χ1) is 17.3. The quantitative estimate of drug-likeness (QED) is 0.0852. The lowest BCUT2D eigenvalue weighted by molar-refractivity contribution is -0.376. The summed E-state index contributed by atoms with van der Waals surface area (Å²) in [5.74, 6) is 0. The van der Waals surface area contributed by atoms with Crippen molar-refractivity contribution in [2.75, 3.05) is 0 Å². The van der Waals surface area contributed by atoms with Crippen LogP contribution in [0.15, 0.2) is 0 Å². The van der Waals surface area contributed by atoms with Crippen molar-refractivity contribution in [2.45, 2.75) is 0 Å². The lowest BCUT2D eigenvalue weighted by Gasteiger charge is -2.13. The van der Waals surface area contributed by atoms with Gasteiger partial charge in [-0.05, 0) is 0 Å². The van der Waals surface area contributed by atoms with Gasteiger partial charge in [0.15, 0.2) is 0 Å². The van der Waals surface area contributed by atoms with Crippen molar-refractivity contribution in [3.63, 3.8) is 0 Å². The molecule has 32 nitrogen and oxygen atoms in total. The van der Waals surface area contributed by atoms with Gasteiger partial charge in [-0.15, -0.1) is 0 Å². The summed E-state index contributed by atoms with van der Waals surface area (Å²) in [4.78, 5) is 0.